The molecule has 3 rings (SSSR count). The Bertz CT molecular complexity index is 630. The molecule has 0 amide bonds. The zero-order valence-corrected chi connectivity index (χ0v) is 13.7. The summed E-state index contributed by atoms with van der Waals surface area (Å²) in [7, 11) is 0. The zero-order chi connectivity index (χ0) is 15.0. The van der Waals surface area contributed by atoms with Crippen molar-refractivity contribution in [2.45, 2.75) is 38.8 Å². The third-order valence-electron chi connectivity index (χ3n) is 4.23. The fourth-order valence-corrected chi connectivity index (χ4v) is 3.48. The standard InChI is InChI=1S/C17H18Cl2N2/c1-11-6-7-12(2)21(11)16-9-8-13(10-20-16)14-4-3-5-15(18)17(14)19/h3-5,8-12H,6-7H2,1-2H3/t11-,12+. The Morgan fingerprint density at radius 3 is 2.38 bits per heavy atom. The predicted octanol–water partition coefficient (Wildman–Crippen LogP) is 5.43. The van der Waals surface area contributed by atoms with Crippen molar-refractivity contribution in [2.75, 3.05) is 4.90 Å². The molecule has 2 aromatic rings. The van der Waals surface area contributed by atoms with Crippen LogP contribution in [0.3, 0.4) is 0 Å². The van der Waals surface area contributed by atoms with E-state index in [1.807, 2.05) is 18.3 Å². The summed E-state index contributed by atoms with van der Waals surface area (Å²) in [6, 6.07) is 10.9. The SMILES string of the molecule is C[C@@H]1CC[C@H](C)N1c1ccc(-c2cccc(Cl)c2Cl)cn1. The molecule has 0 aliphatic carbocycles. The summed E-state index contributed by atoms with van der Waals surface area (Å²) in [5.74, 6) is 1.04. The maximum atomic E-state index is 6.27. The minimum Gasteiger partial charge on any atom is -0.351 e. The first-order chi connectivity index (χ1) is 10.1. The lowest BCUT2D eigenvalue weighted by Crippen LogP contribution is -2.33. The molecular weight excluding hydrogens is 303 g/mol. The highest BCUT2D eigenvalue weighted by molar-refractivity contribution is 6.43. The van der Waals surface area contributed by atoms with Crippen molar-refractivity contribution < 1.29 is 0 Å². The highest BCUT2D eigenvalue weighted by Crippen LogP contribution is 2.34. The first-order valence-corrected chi connectivity index (χ1v) is 8.02. The van der Waals surface area contributed by atoms with Gasteiger partial charge in [0.05, 0.1) is 10.0 Å². The van der Waals surface area contributed by atoms with E-state index in [2.05, 4.69) is 35.9 Å². The summed E-state index contributed by atoms with van der Waals surface area (Å²) in [5, 5.41) is 1.15. The molecule has 2 nitrogen and oxygen atoms in total. The van der Waals surface area contributed by atoms with Crippen LogP contribution in [0.2, 0.25) is 10.0 Å². The molecule has 110 valence electrons. The largest absolute Gasteiger partial charge is 0.351 e. The van der Waals surface area contributed by atoms with Crippen LogP contribution in [0.1, 0.15) is 26.7 Å². The van der Waals surface area contributed by atoms with Gasteiger partial charge < -0.3 is 4.90 Å². The summed E-state index contributed by atoms with van der Waals surface area (Å²) in [6.07, 6.45) is 4.33. The molecule has 0 saturated carbocycles. The third kappa shape index (κ3) is 2.75. The van der Waals surface area contributed by atoms with Gasteiger partial charge >= 0.3 is 0 Å². The molecule has 4 heteroatoms. The van der Waals surface area contributed by atoms with Crippen LogP contribution in [-0.2, 0) is 0 Å². The number of rotatable bonds is 2. The Balaban J connectivity index is 1.92. The normalized spacial score (nSPS) is 21.8. The zero-order valence-electron chi connectivity index (χ0n) is 12.2. The van der Waals surface area contributed by atoms with Gasteiger partial charge in [0.1, 0.15) is 5.82 Å². The molecule has 0 spiro atoms. The number of hydrogen-bond donors (Lipinski definition) is 0. The molecule has 0 N–H and O–H groups in total. The minimum absolute atomic E-state index is 0.549. The predicted molar refractivity (Wildman–Crippen MR) is 90.3 cm³/mol. The Kier molecular flexibility index (Phi) is 4.10. The number of pyridine rings is 1. The van der Waals surface area contributed by atoms with Crippen molar-refractivity contribution in [3.05, 3.63) is 46.6 Å². The van der Waals surface area contributed by atoms with Gasteiger partial charge in [0.25, 0.3) is 0 Å². The second-order valence-corrected chi connectivity index (χ2v) is 6.47. The monoisotopic (exact) mass is 320 g/mol. The fraction of sp³-hybridized carbons (Fsp3) is 0.353. The Labute approximate surface area is 135 Å². The molecule has 0 unspecified atom stereocenters. The first kappa shape index (κ1) is 14.7. The molecule has 2 atom stereocenters. The van der Waals surface area contributed by atoms with Crippen LogP contribution in [-0.4, -0.2) is 17.1 Å². The van der Waals surface area contributed by atoms with E-state index in [1.165, 1.54) is 12.8 Å². The number of nitrogens with zero attached hydrogens (tertiary/aromatic N) is 2. The average Bonchev–Trinajstić information content (AvgIpc) is 2.82. The molecular formula is C17H18Cl2N2. The van der Waals surface area contributed by atoms with Crippen LogP contribution in [0.15, 0.2) is 36.5 Å². The topological polar surface area (TPSA) is 16.1 Å². The lowest BCUT2D eigenvalue weighted by molar-refractivity contribution is 0.683. The smallest absolute Gasteiger partial charge is 0.128 e. The van der Waals surface area contributed by atoms with E-state index >= 15 is 0 Å². The molecule has 0 bridgehead atoms. The van der Waals surface area contributed by atoms with Gasteiger partial charge in [-0.25, -0.2) is 4.98 Å². The van der Waals surface area contributed by atoms with E-state index < -0.39 is 0 Å². The van der Waals surface area contributed by atoms with Crippen molar-refractivity contribution in [3.63, 3.8) is 0 Å². The van der Waals surface area contributed by atoms with Gasteiger partial charge in [0, 0.05) is 29.4 Å². The van der Waals surface area contributed by atoms with Crippen LogP contribution in [0.5, 0.6) is 0 Å². The van der Waals surface area contributed by atoms with Crippen LogP contribution in [0.25, 0.3) is 11.1 Å². The first-order valence-electron chi connectivity index (χ1n) is 7.26. The molecule has 1 aliphatic rings. The summed E-state index contributed by atoms with van der Waals surface area (Å²) < 4.78 is 0. The van der Waals surface area contributed by atoms with Crippen LogP contribution >= 0.6 is 23.2 Å². The van der Waals surface area contributed by atoms with E-state index in [0.29, 0.717) is 22.1 Å². The number of halogens is 2. The molecule has 1 aliphatic heterocycles. The lowest BCUT2D eigenvalue weighted by Gasteiger charge is -2.27. The lowest BCUT2D eigenvalue weighted by atomic mass is 10.1. The fourth-order valence-electron chi connectivity index (χ4n) is 3.07. The van der Waals surface area contributed by atoms with Crippen molar-refractivity contribution in [1.82, 2.24) is 4.98 Å². The van der Waals surface area contributed by atoms with Gasteiger partial charge in [-0.1, -0.05) is 35.3 Å². The van der Waals surface area contributed by atoms with E-state index in [0.717, 1.165) is 16.9 Å². The number of anilines is 1. The van der Waals surface area contributed by atoms with E-state index in [-0.39, 0.29) is 0 Å². The van der Waals surface area contributed by atoms with Crippen molar-refractivity contribution in [2.24, 2.45) is 0 Å². The molecule has 1 fully saturated rings. The third-order valence-corrected chi connectivity index (χ3v) is 5.05. The van der Waals surface area contributed by atoms with E-state index in [1.54, 1.807) is 6.07 Å². The molecule has 1 saturated heterocycles. The molecule has 1 aromatic heterocycles. The second-order valence-electron chi connectivity index (χ2n) is 5.69. The quantitative estimate of drug-likeness (QED) is 0.733. The minimum atomic E-state index is 0.549. The number of hydrogen-bond acceptors (Lipinski definition) is 2. The maximum absolute atomic E-state index is 6.27. The highest BCUT2D eigenvalue weighted by atomic mass is 35.5. The average molecular weight is 321 g/mol. The van der Waals surface area contributed by atoms with Gasteiger partial charge in [-0.15, -0.1) is 0 Å². The summed E-state index contributed by atoms with van der Waals surface area (Å²) in [4.78, 5) is 7.03. The van der Waals surface area contributed by atoms with E-state index in [9.17, 15) is 0 Å². The summed E-state index contributed by atoms with van der Waals surface area (Å²) in [6.45, 7) is 4.51. The van der Waals surface area contributed by atoms with Gasteiger partial charge in [-0.05, 0) is 44.9 Å². The van der Waals surface area contributed by atoms with Gasteiger partial charge in [-0.2, -0.15) is 0 Å². The number of benzene rings is 1. The van der Waals surface area contributed by atoms with Crippen LogP contribution < -0.4 is 4.90 Å². The van der Waals surface area contributed by atoms with Crippen molar-refractivity contribution in [1.29, 1.82) is 0 Å². The number of aromatic nitrogens is 1. The van der Waals surface area contributed by atoms with Crippen LogP contribution in [0.4, 0.5) is 5.82 Å². The molecule has 2 heterocycles. The van der Waals surface area contributed by atoms with Gasteiger partial charge in [-0.3, -0.25) is 0 Å². The van der Waals surface area contributed by atoms with Crippen LogP contribution in [0, 0.1) is 0 Å². The molecule has 1 aromatic carbocycles. The maximum Gasteiger partial charge on any atom is 0.128 e. The van der Waals surface area contributed by atoms with Gasteiger partial charge in [0.2, 0.25) is 0 Å². The molecule has 0 radical (unpaired) electrons. The Hall–Kier alpha value is -1.25. The second kappa shape index (κ2) is 5.86. The highest BCUT2D eigenvalue weighted by Gasteiger charge is 2.28. The van der Waals surface area contributed by atoms with Crippen molar-refractivity contribution >= 4 is 29.0 Å². The Morgan fingerprint density at radius 1 is 1.05 bits per heavy atom. The van der Waals surface area contributed by atoms with Crippen molar-refractivity contribution in [3.8, 4) is 11.1 Å². The van der Waals surface area contributed by atoms with Gasteiger partial charge in [0.15, 0.2) is 0 Å². The van der Waals surface area contributed by atoms with E-state index in [4.69, 9.17) is 23.2 Å². The Morgan fingerprint density at radius 2 is 1.76 bits per heavy atom. The summed E-state index contributed by atoms with van der Waals surface area (Å²) >= 11 is 12.3. The summed E-state index contributed by atoms with van der Waals surface area (Å²) in [5.41, 5.74) is 1.91. The molecule has 21 heavy (non-hydrogen) atoms.